The maximum atomic E-state index is 12.3. The second-order valence-electron chi connectivity index (χ2n) is 4.75. The second-order valence-corrected chi connectivity index (χ2v) is 6.20. The first-order valence-corrected chi connectivity index (χ1v) is 7.65. The smallest absolute Gasteiger partial charge is 0.335 e. The summed E-state index contributed by atoms with van der Waals surface area (Å²) in [4.78, 5) is 21.5. The Morgan fingerprint density at radius 3 is 2.41 bits per heavy atom. The summed E-state index contributed by atoms with van der Waals surface area (Å²) in [7, 11) is -1.42. The Morgan fingerprint density at radius 1 is 1.23 bits per heavy atom. The Kier molecular flexibility index (Phi) is 4.67. The number of non-ortho nitro benzene ring substituents is 1. The van der Waals surface area contributed by atoms with Crippen LogP contribution < -0.4 is 0 Å². The molecule has 1 atom stereocenters. The van der Waals surface area contributed by atoms with Crippen LogP contribution in [0.15, 0.2) is 47.4 Å². The number of aromatic carboxylic acids is 1. The van der Waals surface area contributed by atoms with E-state index in [1.165, 1.54) is 24.3 Å². The van der Waals surface area contributed by atoms with Gasteiger partial charge in [-0.1, -0.05) is 12.1 Å². The summed E-state index contributed by atoms with van der Waals surface area (Å²) >= 11 is 0. The third-order valence-electron chi connectivity index (χ3n) is 3.01. The van der Waals surface area contributed by atoms with Crippen LogP contribution in [0.25, 0.3) is 0 Å². The third kappa shape index (κ3) is 3.76. The molecule has 0 saturated carbocycles. The molecule has 1 unspecified atom stereocenters. The summed E-state index contributed by atoms with van der Waals surface area (Å²) in [5, 5.41) is 19.6. The van der Waals surface area contributed by atoms with Gasteiger partial charge in [-0.25, -0.2) is 4.79 Å². The number of hydrogen-bond donors (Lipinski definition) is 1. The van der Waals surface area contributed by atoms with Crippen molar-refractivity contribution in [3.05, 3.63) is 69.3 Å². The number of hydrogen-bond acceptors (Lipinski definition) is 4. The lowest BCUT2D eigenvalue weighted by atomic mass is 10.1. The van der Waals surface area contributed by atoms with Gasteiger partial charge in [0.25, 0.3) is 5.69 Å². The minimum Gasteiger partial charge on any atom is -0.478 e. The third-order valence-corrected chi connectivity index (χ3v) is 4.36. The fourth-order valence-corrected chi connectivity index (χ4v) is 3.19. The second kappa shape index (κ2) is 6.48. The van der Waals surface area contributed by atoms with Crippen molar-refractivity contribution in [1.82, 2.24) is 0 Å². The average molecular weight is 319 g/mol. The van der Waals surface area contributed by atoms with E-state index in [-0.39, 0.29) is 17.0 Å². The molecule has 7 heteroatoms. The molecule has 0 amide bonds. The van der Waals surface area contributed by atoms with E-state index in [9.17, 15) is 19.1 Å². The van der Waals surface area contributed by atoms with Gasteiger partial charge >= 0.3 is 5.97 Å². The fourth-order valence-electron chi connectivity index (χ4n) is 1.95. The van der Waals surface area contributed by atoms with E-state index in [1.807, 2.05) is 0 Å². The van der Waals surface area contributed by atoms with E-state index in [1.54, 1.807) is 25.1 Å². The first-order valence-electron chi connectivity index (χ1n) is 6.33. The van der Waals surface area contributed by atoms with Crippen molar-refractivity contribution in [2.24, 2.45) is 0 Å². The topological polar surface area (TPSA) is 97.5 Å². The van der Waals surface area contributed by atoms with E-state index < -0.39 is 21.7 Å². The van der Waals surface area contributed by atoms with Crippen molar-refractivity contribution < 1.29 is 19.0 Å². The zero-order valence-electron chi connectivity index (χ0n) is 11.7. The Hall–Kier alpha value is -2.54. The van der Waals surface area contributed by atoms with Crippen LogP contribution in [0.1, 0.15) is 21.5 Å². The molecular formula is C15H13NO5S. The van der Waals surface area contributed by atoms with Crippen LogP contribution in [-0.4, -0.2) is 20.2 Å². The molecule has 0 aromatic heterocycles. The maximum Gasteiger partial charge on any atom is 0.335 e. The van der Waals surface area contributed by atoms with Crippen LogP contribution in [-0.2, 0) is 16.6 Å². The summed E-state index contributed by atoms with van der Waals surface area (Å²) in [6, 6.07) is 10.4. The van der Waals surface area contributed by atoms with Crippen LogP contribution >= 0.6 is 0 Å². The van der Waals surface area contributed by atoms with Gasteiger partial charge in [0.1, 0.15) is 0 Å². The molecule has 0 radical (unpaired) electrons. The molecule has 1 N–H and O–H groups in total. The Morgan fingerprint density at radius 2 is 1.86 bits per heavy atom. The predicted octanol–water partition coefficient (Wildman–Crippen LogP) is 2.91. The van der Waals surface area contributed by atoms with Crippen molar-refractivity contribution in [2.75, 3.05) is 0 Å². The highest BCUT2D eigenvalue weighted by Gasteiger charge is 2.12. The summed E-state index contributed by atoms with van der Waals surface area (Å²) in [5.41, 5.74) is 1.46. The molecule has 2 aromatic rings. The van der Waals surface area contributed by atoms with Crippen molar-refractivity contribution in [2.45, 2.75) is 17.6 Å². The summed E-state index contributed by atoms with van der Waals surface area (Å²) in [6.07, 6.45) is 0. The van der Waals surface area contributed by atoms with Crippen molar-refractivity contribution >= 4 is 22.5 Å². The number of carboxylic acids is 1. The first-order chi connectivity index (χ1) is 10.4. The summed E-state index contributed by atoms with van der Waals surface area (Å²) in [5.74, 6) is -0.905. The summed E-state index contributed by atoms with van der Waals surface area (Å²) in [6.45, 7) is 1.74. The van der Waals surface area contributed by atoms with Crippen LogP contribution in [0.2, 0.25) is 0 Å². The number of benzene rings is 2. The van der Waals surface area contributed by atoms with E-state index in [4.69, 9.17) is 5.11 Å². The van der Waals surface area contributed by atoms with Gasteiger partial charge in [-0.3, -0.25) is 14.3 Å². The van der Waals surface area contributed by atoms with Gasteiger partial charge in [0, 0.05) is 17.0 Å². The average Bonchev–Trinajstić information content (AvgIpc) is 2.47. The zero-order valence-corrected chi connectivity index (χ0v) is 12.5. The largest absolute Gasteiger partial charge is 0.478 e. The highest BCUT2D eigenvalue weighted by molar-refractivity contribution is 7.84. The summed E-state index contributed by atoms with van der Waals surface area (Å²) < 4.78 is 12.3. The highest BCUT2D eigenvalue weighted by atomic mass is 32.2. The number of nitrogens with zero attached hydrogens (tertiary/aromatic N) is 1. The number of nitro groups is 1. The molecular weight excluding hydrogens is 306 g/mol. The standard InChI is InChI=1S/C15H13NO5S/c1-10-6-12(15(17)18)8-14(7-10)22(21)9-11-2-4-13(5-3-11)16(19)20/h2-8H,9H2,1H3,(H,17,18). The van der Waals surface area contributed by atoms with Crippen LogP contribution in [0.4, 0.5) is 5.69 Å². The molecule has 2 rings (SSSR count). The SMILES string of the molecule is Cc1cc(C(=O)O)cc(S(=O)Cc2ccc([N+](=O)[O-])cc2)c1. The van der Waals surface area contributed by atoms with E-state index >= 15 is 0 Å². The van der Waals surface area contributed by atoms with E-state index in [0.29, 0.717) is 16.0 Å². The van der Waals surface area contributed by atoms with Crippen molar-refractivity contribution in [1.29, 1.82) is 0 Å². The van der Waals surface area contributed by atoms with Crippen molar-refractivity contribution in [3.8, 4) is 0 Å². The van der Waals surface area contributed by atoms with Crippen molar-refractivity contribution in [3.63, 3.8) is 0 Å². The van der Waals surface area contributed by atoms with Gasteiger partial charge in [-0.15, -0.1) is 0 Å². The van der Waals surface area contributed by atoms with Crippen LogP contribution in [0.3, 0.4) is 0 Å². The quantitative estimate of drug-likeness (QED) is 0.675. The lowest BCUT2D eigenvalue weighted by Crippen LogP contribution is -2.02. The number of rotatable bonds is 5. The normalized spacial score (nSPS) is 11.9. The number of aryl methyl sites for hydroxylation is 1. The van der Waals surface area contributed by atoms with Gasteiger partial charge in [-0.05, 0) is 36.2 Å². The number of carboxylic acid groups (broad SMARTS) is 1. The lowest BCUT2D eigenvalue weighted by molar-refractivity contribution is -0.384. The lowest BCUT2D eigenvalue weighted by Gasteiger charge is -2.06. The first kappa shape index (κ1) is 15.8. The number of nitro benzene ring substituents is 1. The molecule has 6 nitrogen and oxygen atoms in total. The van der Waals surface area contributed by atoms with Gasteiger partial charge in [0.15, 0.2) is 0 Å². The van der Waals surface area contributed by atoms with Gasteiger partial charge < -0.3 is 5.11 Å². The molecule has 0 aliphatic carbocycles. The highest BCUT2D eigenvalue weighted by Crippen LogP contribution is 2.18. The molecule has 114 valence electrons. The van der Waals surface area contributed by atoms with Gasteiger partial charge in [-0.2, -0.15) is 0 Å². The molecule has 0 fully saturated rings. The van der Waals surface area contributed by atoms with Gasteiger partial charge in [0.05, 0.1) is 27.0 Å². The molecule has 2 aromatic carbocycles. The Bertz CT molecular complexity index is 755. The molecule has 0 spiro atoms. The molecule has 0 bridgehead atoms. The molecule has 0 aliphatic heterocycles. The van der Waals surface area contributed by atoms with Crippen LogP contribution in [0, 0.1) is 17.0 Å². The Labute approximate surface area is 129 Å². The predicted molar refractivity (Wildman–Crippen MR) is 81.3 cm³/mol. The van der Waals surface area contributed by atoms with E-state index in [0.717, 1.165) is 0 Å². The molecule has 0 saturated heterocycles. The Balaban J connectivity index is 2.22. The molecule has 22 heavy (non-hydrogen) atoms. The van der Waals surface area contributed by atoms with E-state index in [2.05, 4.69) is 0 Å². The monoisotopic (exact) mass is 319 g/mol. The maximum absolute atomic E-state index is 12.3. The zero-order chi connectivity index (χ0) is 16.3. The molecule has 0 heterocycles. The minimum atomic E-state index is -1.42. The van der Waals surface area contributed by atoms with Gasteiger partial charge in [0.2, 0.25) is 0 Å². The number of carbonyl (C=O) groups is 1. The van der Waals surface area contributed by atoms with Crippen LogP contribution in [0.5, 0.6) is 0 Å². The minimum absolute atomic E-state index is 0.0294. The molecule has 0 aliphatic rings. The fraction of sp³-hybridized carbons (Fsp3) is 0.133.